The van der Waals surface area contributed by atoms with Gasteiger partial charge in [-0.2, -0.15) is 0 Å². The topological polar surface area (TPSA) is 20.3 Å². The molecule has 1 aliphatic carbocycles. The maximum atomic E-state index is 12.3. The Hall–Kier alpha value is -0.730. The van der Waals surface area contributed by atoms with E-state index in [2.05, 4.69) is 0 Å². The Morgan fingerprint density at radius 3 is 2.37 bits per heavy atom. The average Bonchev–Trinajstić information content (AvgIpc) is 2.43. The Morgan fingerprint density at radius 2 is 1.79 bits per heavy atom. The number of hydrogen-bond donors (Lipinski definition) is 0. The first-order valence-electron chi connectivity index (χ1n) is 6.78. The third-order valence-corrected chi connectivity index (χ3v) is 4.61. The number of carbonyl (C=O) groups excluding carboxylic acids is 1. The van der Waals surface area contributed by atoms with Crippen LogP contribution in [0.5, 0.6) is 0 Å². The summed E-state index contributed by atoms with van der Waals surface area (Å²) in [7, 11) is 1.89. The fourth-order valence-corrected chi connectivity index (χ4v) is 3.18. The zero-order valence-electron chi connectivity index (χ0n) is 11.2. The van der Waals surface area contributed by atoms with E-state index in [1.54, 1.807) is 18.2 Å². The molecule has 1 aromatic rings. The summed E-state index contributed by atoms with van der Waals surface area (Å²) in [6, 6.07) is 5.72. The number of rotatable bonds is 3. The maximum absolute atomic E-state index is 12.3. The molecule has 1 aliphatic rings. The molecule has 0 N–H and O–H groups in total. The van der Waals surface area contributed by atoms with Crippen LogP contribution >= 0.6 is 23.2 Å². The quantitative estimate of drug-likeness (QED) is 0.813. The van der Waals surface area contributed by atoms with E-state index in [1.165, 1.54) is 19.3 Å². The molecule has 1 amide bonds. The molecule has 0 atom stereocenters. The predicted octanol–water partition coefficient (Wildman–Crippen LogP) is 4.33. The highest BCUT2D eigenvalue weighted by molar-refractivity contribution is 6.36. The molecule has 4 heteroatoms. The minimum atomic E-state index is 0.0990. The molecule has 19 heavy (non-hydrogen) atoms. The average molecular weight is 300 g/mol. The van der Waals surface area contributed by atoms with Crippen molar-refractivity contribution in [3.05, 3.63) is 33.8 Å². The van der Waals surface area contributed by atoms with E-state index in [9.17, 15) is 4.79 Å². The lowest BCUT2D eigenvalue weighted by atomic mass is 9.94. The summed E-state index contributed by atoms with van der Waals surface area (Å²) in [6.45, 7) is 0. The fourth-order valence-electron chi connectivity index (χ4n) is 2.65. The van der Waals surface area contributed by atoms with Crippen molar-refractivity contribution in [2.24, 2.45) is 0 Å². The molecule has 1 aromatic carbocycles. The molecule has 0 aliphatic heterocycles. The van der Waals surface area contributed by atoms with Gasteiger partial charge in [-0.3, -0.25) is 4.79 Å². The number of carbonyl (C=O) groups is 1. The number of likely N-dealkylation sites (N-methyl/N-ethyl adjacent to an activating group) is 1. The Balaban J connectivity index is 2.04. The lowest BCUT2D eigenvalue weighted by Crippen LogP contribution is -2.39. The summed E-state index contributed by atoms with van der Waals surface area (Å²) in [4.78, 5) is 14.2. The van der Waals surface area contributed by atoms with Gasteiger partial charge in [-0.1, -0.05) is 48.5 Å². The summed E-state index contributed by atoms with van der Waals surface area (Å²) in [5, 5.41) is 1.13. The van der Waals surface area contributed by atoms with Crippen LogP contribution in [0.1, 0.15) is 37.7 Å². The van der Waals surface area contributed by atoms with Gasteiger partial charge in [0, 0.05) is 23.1 Å². The first-order chi connectivity index (χ1) is 9.09. The van der Waals surface area contributed by atoms with Gasteiger partial charge in [0.1, 0.15) is 0 Å². The minimum absolute atomic E-state index is 0.0990. The standard InChI is InChI=1S/C15H19Cl2NO/c1-18(11-6-3-2-4-7-11)15(19)10-12-13(16)8-5-9-14(12)17/h5,8-9,11H,2-4,6-7,10H2,1H3. The lowest BCUT2D eigenvalue weighted by Gasteiger charge is -2.31. The SMILES string of the molecule is CN(C(=O)Cc1c(Cl)cccc1Cl)C1CCCCC1. The maximum Gasteiger partial charge on any atom is 0.227 e. The van der Waals surface area contributed by atoms with Crippen molar-refractivity contribution in [1.29, 1.82) is 0 Å². The van der Waals surface area contributed by atoms with Crippen LogP contribution in [0.4, 0.5) is 0 Å². The molecule has 0 saturated heterocycles. The van der Waals surface area contributed by atoms with E-state index in [-0.39, 0.29) is 12.3 Å². The third-order valence-electron chi connectivity index (χ3n) is 3.91. The molecule has 104 valence electrons. The summed E-state index contributed by atoms with van der Waals surface area (Å²) in [6.07, 6.45) is 6.22. The molecule has 0 unspecified atom stereocenters. The molecule has 0 radical (unpaired) electrons. The molecule has 2 nitrogen and oxygen atoms in total. The number of nitrogens with zero attached hydrogens (tertiary/aromatic N) is 1. The second kappa shape index (κ2) is 6.62. The molecular formula is C15H19Cl2NO. The van der Waals surface area contributed by atoms with Crippen LogP contribution in [0.2, 0.25) is 10.0 Å². The van der Waals surface area contributed by atoms with Crippen molar-refractivity contribution in [3.8, 4) is 0 Å². The largest absolute Gasteiger partial charge is 0.342 e. The lowest BCUT2D eigenvalue weighted by molar-refractivity contribution is -0.131. The highest BCUT2D eigenvalue weighted by Gasteiger charge is 2.23. The Kier molecular flexibility index (Phi) is 5.12. The highest BCUT2D eigenvalue weighted by atomic mass is 35.5. The fraction of sp³-hybridized carbons (Fsp3) is 0.533. The number of halogens is 2. The Bertz CT molecular complexity index is 435. The van der Waals surface area contributed by atoms with E-state index in [0.717, 1.165) is 18.4 Å². The molecule has 0 heterocycles. The van der Waals surface area contributed by atoms with Gasteiger partial charge in [0.05, 0.1) is 6.42 Å². The van der Waals surface area contributed by atoms with Crippen LogP contribution in [-0.2, 0) is 11.2 Å². The minimum Gasteiger partial charge on any atom is -0.342 e. The summed E-state index contributed by atoms with van der Waals surface area (Å²) >= 11 is 12.2. The van der Waals surface area contributed by atoms with Gasteiger partial charge in [0.25, 0.3) is 0 Å². The zero-order valence-corrected chi connectivity index (χ0v) is 12.7. The van der Waals surface area contributed by atoms with Gasteiger partial charge in [-0.15, -0.1) is 0 Å². The Labute approximate surface area is 124 Å². The molecular weight excluding hydrogens is 281 g/mol. The first-order valence-corrected chi connectivity index (χ1v) is 7.53. The van der Waals surface area contributed by atoms with Crippen LogP contribution in [0.25, 0.3) is 0 Å². The van der Waals surface area contributed by atoms with Crippen molar-refractivity contribution in [2.75, 3.05) is 7.05 Å². The smallest absolute Gasteiger partial charge is 0.227 e. The van der Waals surface area contributed by atoms with Gasteiger partial charge >= 0.3 is 0 Å². The third kappa shape index (κ3) is 3.64. The van der Waals surface area contributed by atoms with Crippen molar-refractivity contribution >= 4 is 29.1 Å². The molecule has 0 bridgehead atoms. The van der Waals surface area contributed by atoms with Crippen LogP contribution < -0.4 is 0 Å². The second-order valence-corrected chi connectivity index (χ2v) is 5.99. The van der Waals surface area contributed by atoms with E-state index in [4.69, 9.17) is 23.2 Å². The molecule has 0 spiro atoms. The molecule has 1 fully saturated rings. The van der Waals surface area contributed by atoms with Crippen molar-refractivity contribution in [2.45, 2.75) is 44.6 Å². The van der Waals surface area contributed by atoms with Gasteiger partial charge in [-0.25, -0.2) is 0 Å². The zero-order chi connectivity index (χ0) is 13.8. The predicted molar refractivity (Wildman–Crippen MR) is 79.8 cm³/mol. The van der Waals surface area contributed by atoms with Gasteiger partial charge in [0.15, 0.2) is 0 Å². The van der Waals surface area contributed by atoms with Crippen LogP contribution in [0.15, 0.2) is 18.2 Å². The van der Waals surface area contributed by atoms with Gasteiger partial charge in [-0.05, 0) is 30.5 Å². The van der Waals surface area contributed by atoms with E-state index in [0.29, 0.717) is 16.1 Å². The van der Waals surface area contributed by atoms with Crippen LogP contribution in [0.3, 0.4) is 0 Å². The van der Waals surface area contributed by atoms with Crippen LogP contribution in [-0.4, -0.2) is 23.9 Å². The highest BCUT2D eigenvalue weighted by Crippen LogP contribution is 2.27. The summed E-state index contributed by atoms with van der Waals surface area (Å²) in [5.74, 6) is 0.0990. The number of hydrogen-bond acceptors (Lipinski definition) is 1. The van der Waals surface area contributed by atoms with Crippen molar-refractivity contribution in [1.82, 2.24) is 4.90 Å². The second-order valence-electron chi connectivity index (χ2n) is 5.17. The summed E-state index contributed by atoms with van der Waals surface area (Å²) in [5.41, 5.74) is 0.735. The molecule has 0 aromatic heterocycles. The Morgan fingerprint density at radius 1 is 1.21 bits per heavy atom. The summed E-state index contributed by atoms with van der Waals surface area (Å²) < 4.78 is 0. The van der Waals surface area contributed by atoms with E-state index in [1.807, 2.05) is 11.9 Å². The van der Waals surface area contributed by atoms with Gasteiger partial charge in [0.2, 0.25) is 5.91 Å². The monoisotopic (exact) mass is 299 g/mol. The first kappa shape index (κ1) is 14.7. The van der Waals surface area contributed by atoms with Gasteiger partial charge < -0.3 is 4.90 Å². The normalized spacial score (nSPS) is 16.4. The molecule has 1 saturated carbocycles. The van der Waals surface area contributed by atoms with E-state index >= 15 is 0 Å². The van der Waals surface area contributed by atoms with Crippen molar-refractivity contribution < 1.29 is 4.79 Å². The molecule has 2 rings (SSSR count). The van der Waals surface area contributed by atoms with Crippen LogP contribution in [0, 0.1) is 0 Å². The van der Waals surface area contributed by atoms with Crippen molar-refractivity contribution in [3.63, 3.8) is 0 Å². The number of amides is 1. The number of benzene rings is 1. The van der Waals surface area contributed by atoms with E-state index < -0.39 is 0 Å².